The average molecular weight is 442 g/mol. The highest BCUT2D eigenvalue weighted by atomic mass is 32.2. The number of sulfonamides is 1. The smallest absolute Gasteiger partial charge is 0.416 e. The van der Waals surface area contributed by atoms with E-state index in [4.69, 9.17) is 4.74 Å². The molecule has 0 saturated carbocycles. The van der Waals surface area contributed by atoms with Crippen molar-refractivity contribution in [2.24, 2.45) is 5.92 Å². The van der Waals surface area contributed by atoms with Gasteiger partial charge in [-0.2, -0.15) is 13.2 Å². The van der Waals surface area contributed by atoms with Crippen LogP contribution in [-0.4, -0.2) is 34.0 Å². The first-order valence-electron chi connectivity index (χ1n) is 9.30. The fourth-order valence-corrected chi connectivity index (χ4v) is 4.37. The van der Waals surface area contributed by atoms with Crippen LogP contribution in [0.25, 0.3) is 0 Å². The number of benzene rings is 2. The van der Waals surface area contributed by atoms with Crippen molar-refractivity contribution in [1.29, 1.82) is 0 Å². The number of carbonyl (C=O) groups excluding carboxylic acids is 1. The number of anilines is 1. The molecule has 1 N–H and O–H groups in total. The Morgan fingerprint density at radius 1 is 1.17 bits per heavy atom. The van der Waals surface area contributed by atoms with Crippen molar-refractivity contribution < 1.29 is 31.1 Å². The molecule has 1 atom stereocenters. The van der Waals surface area contributed by atoms with Crippen LogP contribution in [0.1, 0.15) is 18.9 Å². The predicted molar refractivity (Wildman–Crippen MR) is 105 cm³/mol. The Labute approximate surface area is 172 Å². The van der Waals surface area contributed by atoms with Crippen LogP contribution in [-0.2, 0) is 21.0 Å². The van der Waals surface area contributed by atoms with E-state index >= 15 is 0 Å². The fourth-order valence-electron chi connectivity index (χ4n) is 3.21. The number of hydrogen-bond donors (Lipinski definition) is 1. The van der Waals surface area contributed by atoms with Crippen LogP contribution < -0.4 is 14.4 Å². The van der Waals surface area contributed by atoms with Gasteiger partial charge in [0.05, 0.1) is 17.1 Å². The Morgan fingerprint density at radius 3 is 2.50 bits per heavy atom. The summed E-state index contributed by atoms with van der Waals surface area (Å²) in [7, 11) is -4.14. The van der Waals surface area contributed by atoms with Crippen LogP contribution in [0.3, 0.4) is 0 Å². The van der Waals surface area contributed by atoms with Gasteiger partial charge in [0.2, 0.25) is 15.9 Å². The highest BCUT2D eigenvalue weighted by molar-refractivity contribution is 7.89. The van der Waals surface area contributed by atoms with Crippen molar-refractivity contribution >= 4 is 21.6 Å². The highest BCUT2D eigenvalue weighted by Gasteiger charge is 2.33. The van der Waals surface area contributed by atoms with E-state index in [1.807, 2.05) is 6.92 Å². The molecule has 10 heteroatoms. The summed E-state index contributed by atoms with van der Waals surface area (Å²) in [4.78, 5) is 13.4. The largest absolute Gasteiger partial charge is 0.494 e. The molecule has 1 aliphatic rings. The molecule has 0 radical (unpaired) electrons. The third-order valence-corrected chi connectivity index (χ3v) is 6.12. The summed E-state index contributed by atoms with van der Waals surface area (Å²) in [5.74, 6) is 0.227. The van der Waals surface area contributed by atoms with E-state index in [0.717, 1.165) is 18.2 Å². The minimum Gasteiger partial charge on any atom is -0.494 e. The lowest BCUT2D eigenvalue weighted by atomic mass is 10.1. The third-order valence-electron chi connectivity index (χ3n) is 4.70. The Bertz CT molecular complexity index is 1010. The second kappa shape index (κ2) is 8.65. The summed E-state index contributed by atoms with van der Waals surface area (Å²) in [6.07, 6.45) is -4.50. The van der Waals surface area contributed by atoms with E-state index in [1.54, 1.807) is 29.2 Å². The molecule has 1 fully saturated rings. The quantitative estimate of drug-likeness (QED) is 0.713. The molecular weight excluding hydrogens is 421 g/mol. The summed E-state index contributed by atoms with van der Waals surface area (Å²) < 4.78 is 71.0. The van der Waals surface area contributed by atoms with Crippen LogP contribution in [0.5, 0.6) is 5.75 Å². The molecule has 0 spiro atoms. The number of hydrogen-bond acceptors (Lipinski definition) is 4. The third kappa shape index (κ3) is 5.11. The maximum absolute atomic E-state index is 12.8. The molecule has 1 saturated heterocycles. The van der Waals surface area contributed by atoms with Crippen LogP contribution in [0.2, 0.25) is 0 Å². The Kier molecular flexibility index (Phi) is 6.37. The molecule has 6 nitrogen and oxygen atoms in total. The number of alkyl halides is 3. The van der Waals surface area contributed by atoms with Crippen molar-refractivity contribution in [3.05, 3.63) is 54.1 Å². The first kappa shape index (κ1) is 22.1. The summed E-state index contributed by atoms with van der Waals surface area (Å²) in [6, 6.07) is 10.5. The number of amides is 1. The van der Waals surface area contributed by atoms with Gasteiger partial charge < -0.3 is 9.64 Å². The summed E-state index contributed by atoms with van der Waals surface area (Å²) in [6.45, 7) is 2.63. The number of ether oxygens (including phenoxy) is 1. The van der Waals surface area contributed by atoms with E-state index < -0.39 is 26.7 Å². The average Bonchev–Trinajstić information content (AvgIpc) is 3.07. The fraction of sp³-hybridized carbons (Fsp3) is 0.350. The van der Waals surface area contributed by atoms with Crippen LogP contribution in [0.4, 0.5) is 18.9 Å². The monoisotopic (exact) mass is 442 g/mol. The second-order valence-electron chi connectivity index (χ2n) is 6.88. The Morgan fingerprint density at radius 2 is 1.87 bits per heavy atom. The Balaban J connectivity index is 1.64. The molecule has 0 bridgehead atoms. The molecule has 3 rings (SSSR count). The standard InChI is InChI=1S/C20H21F3N2O4S/c1-2-29-17-8-6-16(7-9-17)25-13-14(10-19(25)26)12-24-30(27,28)18-5-3-4-15(11-18)20(21,22)23/h3-9,11,14,24H,2,10,12-13H2,1H3/t14-/m1/s1. The molecule has 162 valence electrons. The lowest BCUT2D eigenvalue weighted by Gasteiger charge is -2.17. The van der Waals surface area contributed by atoms with E-state index in [-0.39, 0.29) is 24.8 Å². The predicted octanol–water partition coefficient (Wildman–Crippen LogP) is 3.44. The molecule has 0 aromatic heterocycles. The normalized spacial score (nSPS) is 17.4. The van der Waals surface area contributed by atoms with Crippen LogP contribution in [0, 0.1) is 5.92 Å². The number of nitrogens with zero attached hydrogens (tertiary/aromatic N) is 1. The first-order valence-corrected chi connectivity index (χ1v) is 10.8. The van der Waals surface area contributed by atoms with E-state index in [1.165, 1.54) is 0 Å². The van der Waals surface area contributed by atoms with Crippen molar-refractivity contribution in [2.75, 3.05) is 24.6 Å². The van der Waals surface area contributed by atoms with Gasteiger partial charge in [-0.25, -0.2) is 13.1 Å². The molecular formula is C20H21F3N2O4S. The summed E-state index contributed by atoms with van der Waals surface area (Å²) in [5.41, 5.74) is -0.366. The Hall–Kier alpha value is -2.59. The molecule has 1 heterocycles. The second-order valence-corrected chi connectivity index (χ2v) is 8.65. The number of carbonyl (C=O) groups is 1. The van der Waals surface area contributed by atoms with Gasteiger partial charge in [0, 0.05) is 25.2 Å². The zero-order valence-electron chi connectivity index (χ0n) is 16.1. The van der Waals surface area contributed by atoms with Crippen molar-refractivity contribution in [3.63, 3.8) is 0 Å². The zero-order chi connectivity index (χ0) is 21.9. The minimum atomic E-state index is -4.64. The summed E-state index contributed by atoms with van der Waals surface area (Å²) >= 11 is 0. The number of rotatable bonds is 7. The van der Waals surface area contributed by atoms with Crippen molar-refractivity contribution in [2.45, 2.75) is 24.4 Å². The SMILES string of the molecule is CCOc1ccc(N2C[C@@H](CNS(=O)(=O)c3cccc(C(F)(F)F)c3)CC2=O)cc1. The zero-order valence-corrected chi connectivity index (χ0v) is 17.0. The first-order chi connectivity index (χ1) is 14.1. The van der Waals surface area contributed by atoms with E-state index in [2.05, 4.69) is 4.72 Å². The molecule has 2 aromatic rings. The van der Waals surface area contributed by atoms with Crippen LogP contribution >= 0.6 is 0 Å². The van der Waals surface area contributed by atoms with Gasteiger partial charge in [-0.3, -0.25) is 4.79 Å². The van der Waals surface area contributed by atoms with Gasteiger partial charge in [0.15, 0.2) is 0 Å². The molecule has 1 amide bonds. The van der Waals surface area contributed by atoms with Crippen molar-refractivity contribution in [3.8, 4) is 5.75 Å². The molecule has 1 aliphatic heterocycles. The lowest BCUT2D eigenvalue weighted by Crippen LogP contribution is -2.31. The van der Waals surface area contributed by atoms with E-state index in [9.17, 15) is 26.4 Å². The van der Waals surface area contributed by atoms with Gasteiger partial charge in [-0.05, 0) is 55.3 Å². The molecule has 0 aliphatic carbocycles. The van der Waals surface area contributed by atoms with Gasteiger partial charge in [-0.15, -0.1) is 0 Å². The van der Waals surface area contributed by atoms with Crippen molar-refractivity contribution in [1.82, 2.24) is 4.72 Å². The molecule has 0 unspecified atom stereocenters. The van der Waals surface area contributed by atoms with Gasteiger partial charge in [0.1, 0.15) is 5.75 Å². The number of halogens is 3. The van der Waals surface area contributed by atoms with Crippen LogP contribution in [0.15, 0.2) is 53.4 Å². The summed E-state index contributed by atoms with van der Waals surface area (Å²) in [5, 5.41) is 0. The van der Waals surface area contributed by atoms with Gasteiger partial charge in [-0.1, -0.05) is 6.07 Å². The minimum absolute atomic E-state index is 0.0577. The van der Waals surface area contributed by atoms with E-state index in [0.29, 0.717) is 30.7 Å². The van der Waals surface area contributed by atoms with Gasteiger partial charge >= 0.3 is 6.18 Å². The maximum Gasteiger partial charge on any atom is 0.416 e. The highest BCUT2D eigenvalue weighted by Crippen LogP contribution is 2.31. The number of nitrogens with one attached hydrogen (secondary N) is 1. The molecule has 30 heavy (non-hydrogen) atoms. The lowest BCUT2D eigenvalue weighted by molar-refractivity contribution is -0.137. The van der Waals surface area contributed by atoms with Gasteiger partial charge in [0.25, 0.3) is 0 Å². The molecule has 2 aromatic carbocycles. The maximum atomic E-state index is 12.8. The topological polar surface area (TPSA) is 75.7 Å².